The Morgan fingerprint density at radius 3 is 2.42 bits per heavy atom. The fourth-order valence-electron chi connectivity index (χ4n) is 4.50. The summed E-state index contributed by atoms with van der Waals surface area (Å²) in [5.41, 5.74) is 2.94. The smallest absolute Gasteiger partial charge is 0.318 e. The molecule has 1 aromatic carbocycles. The summed E-state index contributed by atoms with van der Waals surface area (Å²) >= 11 is 0. The number of likely N-dealkylation sites (N-methyl/N-ethyl adjacent to an activating group) is 1. The number of hydrogen-bond donors (Lipinski definition) is 1. The van der Waals surface area contributed by atoms with Crippen LogP contribution in [0, 0.1) is 0 Å². The Bertz CT molecular complexity index is 667. The maximum absolute atomic E-state index is 12.6. The van der Waals surface area contributed by atoms with Gasteiger partial charge < -0.3 is 15.1 Å². The third-order valence-electron chi connectivity index (χ3n) is 6.09. The van der Waals surface area contributed by atoms with E-state index in [-0.39, 0.29) is 18.0 Å². The van der Waals surface area contributed by atoms with Gasteiger partial charge in [-0.05, 0) is 36.8 Å². The van der Waals surface area contributed by atoms with Gasteiger partial charge in [-0.3, -0.25) is 9.69 Å². The van der Waals surface area contributed by atoms with E-state index in [2.05, 4.69) is 34.5 Å². The molecule has 2 aliphatic heterocycles. The van der Waals surface area contributed by atoms with E-state index in [0.29, 0.717) is 12.5 Å². The van der Waals surface area contributed by atoms with Crippen molar-refractivity contribution < 1.29 is 9.59 Å². The van der Waals surface area contributed by atoms with Crippen LogP contribution in [0.4, 0.5) is 4.79 Å². The van der Waals surface area contributed by atoms with Crippen molar-refractivity contribution in [3.63, 3.8) is 0 Å². The number of fused-ring (bicyclic) bond motifs is 1. The molecule has 3 aliphatic rings. The minimum atomic E-state index is -0.351. The second kappa shape index (κ2) is 7.27. The zero-order chi connectivity index (χ0) is 18.1. The fourth-order valence-corrected chi connectivity index (χ4v) is 4.50. The molecule has 2 fully saturated rings. The standard InChI is InChI=1S/C20H28N4O2/c1-22-10-7-18(19(22)25)21-20(26)24-9-4-8-23(11-12-24)17-13-15-5-2-3-6-16(15)14-17/h2-3,5-6,17-18H,4,7-14H2,1H3,(H,21,26). The van der Waals surface area contributed by atoms with Crippen molar-refractivity contribution in [2.24, 2.45) is 0 Å². The van der Waals surface area contributed by atoms with Crippen molar-refractivity contribution in [2.75, 3.05) is 39.8 Å². The minimum Gasteiger partial charge on any atom is -0.344 e. The number of urea groups is 1. The van der Waals surface area contributed by atoms with Crippen LogP contribution in [0.3, 0.4) is 0 Å². The molecule has 0 bridgehead atoms. The van der Waals surface area contributed by atoms with Crippen LogP contribution < -0.4 is 5.32 Å². The van der Waals surface area contributed by atoms with Crippen LogP contribution >= 0.6 is 0 Å². The Kier molecular flexibility index (Phi) is 4.85. The molecular formula is C20H28N4O2. The van der Waals surface area contributed by atoms with Gasteiger partial charge >= 0.3 is 6.03 Å². The van der Waals surface area contributed by atoms with Gasteiger partial charge in [-0.2, -0.15) is 0 Å². The average molecular weight is 356 g/mol. The van der Waals surface area contributed by atoms with Crippen LogP contribution in [0.2, 0.25) is 0 Å². The summed E-state index contributed by atoms with van der Waals surface area (Å²) in [6.45, 7) is 4.16. The first-order valence-corrected chi connectivity index (χ1v) is 9.73. The van der Waals surface area contributed by atoms with Gasteiger partial charge in [0.05, 0.1) is 0 Å². The Balaban J connectivity index is 1.31. The monoisotopic (exact) mass is 356 g/mol. The SMILES string of the molecule is CN1CCC(NC(=O)N2CCCN(C3Cc4ccccc4C3)CC2)C1=O. The molecule has 1 atom stereocenters. The highest BCUT2D eigenvalue weighted by molar-refractivity contribution is 5.88. The van der Waals surface area contributed by atoms with Crippen LogP contribution in [0.1, 0.15) is 24.0 Å². The summed E-state index contributed by atoms with van der Waals surface area (Å²) in [4.78, 5) is 30.7. The molecule has 0 spiro atoms. The molecule has 2 heterocycles. The van der Waals surface area contributed by atoms with E-state index >= 15 is 0 Å². The normalized spacial score (nSPS) is 24.7. The van der Waals surface area contributed by atoms with Gasteiger partial charge in [-0.1, -0.05) is 24.3 Å². The maximum atomic E-state index is 12.6. The summed E-state index contributed by atoms with van der Waals surface area (Å²) < 4.78 is 0. The van der Waals surface area contributed by atoms with Gasteiger partial charge in [-0.15, -0.1) is 0 Å². The third kappa shape index (κ3) is 3.43. The first-order chi connectivity index (χ1) is 12.6. The first kappa shape index (κ1) is 17.3. The quantitative estimate of drug-likeness (QED) is 0.863. The zero-order valence-corrected chi connectivity index (χ0v) is 15.5. The van der Waals surface area contributed by atoms with Crippen LogP contribution in [0.15, 0.2) is 24.3 Å². The van der Waals surface area contributed by atoms with E-state index in [1.807, 2.05) is 4.90 Å². The van der Waals surface area contributed by atoms with Crippen molar-refractivity contribution >= 4 is 11.9 Å². The number of benzene rings is 1. The molecule has 6 nitrogen and oxygen atoms in total. The van der Waals surface area contributed by atoms with E-state index in [4.69, 9.17) is 0 Å². The molecule has 2 saturated heterocycles. The molecule has 1 aromatic rings. The van der Waals surface area contributed by atoms with Crippen LogP contribution in [0.5, 0.6) is 0 Å². The molecule has 3 amide bonds. The summed E-state index contributed by atoms with van der Waals surface area (Å²) in [6, 6.07) is 8.84. The molecule has 140 valence electrons. The second-order valence-corrected chi connectivity index (χ2v) is 7.76. The Labute approximate surface area is 155 Å². The number of hydrogen-bond acceptors (Lipinski definition) is 3. The molecule has 26 heavy (non-hydrogen) atoms. The van der Waals surface area contributed by atoms with Crippen molar-refractivity contribution in [1.29, 1.82) is 0 Å². The summed E-state index contributed by atoms with van der Waals surface area (Å²) in [7, 11) is 1.79. The van der Waals surface area contributed by atoms with Crippen LogP contribution in [0.25, 0.3) is 0 Å². The second-order valence-electron chi connectivity index (χ2n) is 7.76. The number of rotatable bonds is 2. The average Bonchev–Trinajstić information content (AvgIpc) is 3.10. The molecule has 0 saturated carbocycles. The van der Waals surface area contributed by atoms with Gasteiger partial charge in [0.25, 0.3) is 0 Å². The number of nitrogens with one attached hydrogen (secondary N) is 1. The first-order valence-electron chi connectivity index (χ1n) is 9.73. The van der Waals surface area contributed by atoms with E-state index in [0.717, 1.165) is 52.0 Å². The van der Waals surface area contributed by atoms with Gasteiger partial charge in [0.2, 0.25) is 5.91 Å². The number of nitrogens with zero attached hydrogens (tertiary/aromatic N) is 3. The Morgan fingerprint density at radius 1 is 1.04 bits per heavy atom. The van der Waals surface area contributed by atoms with E-state index < -0.39 is 0 Å². The fraction of sp³-hybridized carbons (Fsp3) is 0.600. The molecule has 6 heteroatoms. The summed E-state index contributed by atoms with van der Waals surface area (Å²) in [5.74, 6) is 0.0264. The predicted molar refractivity (Wildman–Crippen MR) is 100.0 cm³/mol. The summed E-state index contributed by atoms with van der Waals surface area (Å²) in [5, 5.41) is 2.93. The largest absolute Gasteiger partial charge is 0.344 e. The van der Waals surface area contributed by atoms with E-state index in [1.165, 1.54) is 11.1 Å². The highest BCUT2D eigenvalue weighted by atomic mass is 16.2. The van der Waals surface area contributed by atoms with Crippen molar-refractivity contribution in [1.82, 2.24) is 20.0 Å². The zero-order valence-electron chi connectivity index (χ0n) is 15.5. The molecule has 0 aromatic heterocycles. The number of carbonyl (C=O) groups excluding carboxylic acids is 2. The molecule has 1 N–H and O–H groups in total. The lowest BCUT2D eigenvalue weighted by Gasteiger charge is -2.27. The minimum absolute atomic E-state index is 0.0264. The van der Waals surface area contributed by atoms with Gasteiger partial charge in [0, 0.05) is 45.8 Å². The number of carbonyl (C=O) groups is 2. The maximum Gasteiger partial charge on any atom is 0.318 e. The van der Waals surface area contributed by atoms with Crippen LogP contribution in [-0.2, 0) is 17.6 Å². The third-order valence-corrected chi connectivity index (χ3v) is 6.09. The molecule has 0 radical (unpaired) electrons. The van der Waals surface area contributed by atoms with Gasteiger partial charge in [-0.25, -0.2) is 4.79 Å². The Hall–Kier alpha value is -2.08. The van der Waals surface area contributed by atoms with Crippen molar-refractivity contribution in [3.05, 3.63) is 35.4 Å². The Morgan fingerprint density at radius 2 is 1.77 bits per heavy atom. The lowest BCUT2D eigenvalue weighted by atomic mass is 10.1. The lowest BCUT2D eigenvalue weighted by Crippen LogP contribution is -2.48. The van der Waals surface area contributed by atoms with Crippen molar-refractivity contribution in [3.8, 4) is 0 Å². The highest BCUT2D eigenvalue weighted by Gasteiger charge is 2.33. The van der Waals surface area contributed by atoms with E-state index in [9.17, 15) is 9.59 Å². The highest BCUT2D eigenvalue weighted by Crippen LogP contribution is 2.26. The topological polar surface area (TPSA) is 55.9 Å². The molecular weight excluding hydrogens is 328 g/mol. The molecule has 1 unspecified atom stereocenters. The lowest BCUT2D eigenvalue weighted by molar-refractivity contribution is -0.128. The van der Waals surface area contributed by atoms with Gasteiger partial charge in [0.15, 0.2) is 0 Å². The summed E-state index contributed by atoms with van der Waals surface area (Å²) in [6.07, 6.45) is 3.93. The van der Waals surface area contributed by atoms with Crippen molar-refractivity contribution in [2.45, 2.75) is 37.8 Å². The predicted octanol–water partition coefficient (Wildman–Crippen LogP) is 1.10. The molecule has 1 aliphatic carbocycles. The number of likely N-dealkylation sites (tertiary alicyclic amines) is 1. The molecule has 4 rings (SSSR count). The number of amides is 3. The van der Waals surface area contributed by atoms with E-state index in [1.54, 1.807) is 11.9 Å². The van der Waals surface area contributed by atoms with Crippen LogP contribution in [-0.4, -0.2) is 78.5 Å². The van der Waals surface area contributed by atoms with Gasteiger partial charge in [0.1, 0.15) is 6.04 Å².